The normalized spacial score (nSPS) is 9.29. The molecule has 24 heavy (non-hydrogen) atoms. The third-order valence-corrected chi connectivity index (χ3v) is 2.81. The molecule has 0 saturated carbocycles. The molecule has 0 unspecified atom stereocenters. The number of carbonyl (C=O) groups excluding carboxylic acids is 3. The van der Waals surface area contributed by atoms with Crippen molar-refractivity contribution in [3.05, 3.63) is 29.8 Å². The number of carbonyl (C=O) groups is 3. The Morgan fingerprint density at radius 1 is 1.08 bits per heavy atom. The smallest absolute Gasteiger partial charge is 0.312 e. The van der Waals surface area contributed by atoms with Gasteiger partial charge in [-0.2, -0.15) is 0 Å². The van der Waals surface area contributed by atoms with Crippen LogP contribution in [0.1, 0.15) is 45.6 Å². The average molecular weight is 337 g/mol. The van der Waals surface area contributed by atoms with Gasteiger partial charge in [0.05, 0.1) is 0 Å². The Labute approximate surface area is 142 Å². The van der Waals surface area contributed by atoms with E-state index in [1.54, 1.807) is 24.3 Å². The molecular weight excluding hydrogens is 310 g/mol. The van der Waals surface area contributed by atoms with Crippen LogP contribution < -0.4 is 16.4 Å². The second-order valence-corrected chi connectivity index (χ2v) is 4.77. The number of unbranched alkanes of at least 4 members (excludes halogenated alkanes) is 1. The molecule has 1 rings (SSSR count). The van der Waals surface area contributed by atoms with Crippen LogP contribution in [0.2, 0.25) is 0 Å². The first-order chi connectivity index (χ1) is 11.5. The quantitative estimate of drug-likeness (QED) is 0.500. The van der Waals surface area contributed by atoms with Crippen molar-refractivity contribution in [3.8, 4) is 0 Å². The molecule has 7 nitrogen and oxygen atoms in total. The van der Waals surface area contributed by atoms with Gasteiger partial charge in [0.15, 0.2) is 0 Å². The third-order valence-electron chi connectivity index (χ3n) is 2.81. The lowest BCUT2D eigenvalue weighted by molar-refractivity contribution is -0.142. The first-order valence-electron chi connectivity index (χ1n) is 8.03. The number of primary amides is 1. The highest BCUT2D eigenvalue weighted by Gasteiger charge is 2.03. The number of urea groups is 1. The van der Waals surface area contributed by atoms with Gasteiger partial charge in [0.1, 0.15) is 6.61 Å². The fraction of sp³-hybridized carbons (Fsp3) is 0.471. The maximum absolute atomic E-state index is 11.7. The average Bonchev–Trinajstić information content (AvgIpc) is 2.55. The van der Waals surface area contributed by atoms with Crippen LogP contribution in [0.25, 0.3) is 0 Å². The van der Waals surface area contributed by atoms with Crippen molar-refractivity contribution in [2.75, 3.05) is 11.9 Å². The standard InChI is InChI=1S/C15H21N3O4.C2H6/c1-11(19)22-10-12-5-7-13(8-6-12)18-14(20)4-2-3-9-17-15(16)21;1-2/h5-8H,2-4,9-10H2,1H3,(H,18,20)(H3,16,17,21);1-2H3. The minimum atomic E-state index is -0.557. The van der Waals surface area contributed by atoms with Gasteiger partial charge in [-0.25, -0.2) is 4.79 Å². The lowest BCUT2D eigenvalue weighted by atomic mass is 10.2. The summed E-state index contributed by atoms with van der Waals surface area (Å²) in [6, 6.07) is 6.53. The highest BCUT2D eigenvalue weighted by Crippen LogP contribution is 2.11. The molecular formula is C17H27N3O4. The monoisotopic (exact) mass is 337 g/mol. The van der Waals surface area contributed by atoms with Crippen LogP contribution in [-0.2, 0) is 20.9 Å². The zero-order valence-corrected chi connectivity index (χ0v) is 14.6. The lowest BCUT2D eigenvalue weighted by Gasteiger charge is -2.07. The Balaban J connectivity index is 0.00000254. The fourth-order valence-corrected chi connectivity index (χ4v) is 1.71. The lowest BCUT2D eigenvalue weighted by Crippen LogP contribution is -2.30. The number of ether oxygens (including phenoxy) is 1. The van der Waals surface area contributed by atoms with Crippen LogP contribution in [-0.4, -0.2) is 24.5 Å². The summed E-state index contributed by atoms with van der Waals surface area (Å²) >= 11 is 0. The molecule has 0 heterocycles. The van der Waals surface area contributed by atoms with Crippen molar-refractivity contribution in [3.63, 3.8) is 0 Å². The molecule has 4 N–H and O–H groups in total. The zero-order valence-electron chi connectivity index (χ0n) is 14.6. The van der Waals surface area contributed by atoms with Gasteiger partial charge in [-0.05, 0) is 30.5 Å². The summed E-state index contributed by atoms with van der Waals surface area (Å²) in [5, 5.41) is 5.24. The number of nitrogens with two attached hydrogens (primary N) is 1. The van der Waals surface area contributed by atoms with E-state index in [0.717, 1.165) is 5.56 Å². The first kappa shape index (κ1) is 21.4. The molecule has 1 aromatic rings. The molecule has 1 aromatic carbocycles. The molecule has 7 heteroatoms. The number of benzene rings is 1. The van der Waals surface area contributed by atoms with Crippen molar-refractivity contribution in [1.29, 1.82) is 0 Å². The van der Waals surface area contributed by atoms with Gasteiger partial charge in [0.2, 0.25) is 5.91 Å². The van der Waals surface area contributed by atoms with Crippen LogP contribution in [0, 0.1) is 0 Å². The van der Waals surface area contributed by atoms with Crippen molar-refractivity contribution in [1.82, 2.24) is 5.32 Å². The van der Waals surface area contributed by atoms with Crippen LogP contribution in [0.5, 0.6) is 0 Å². The largest absolute Gasteiger partial charge is 0.461 e. The van der Waals surface area contributed by atoms with E-state index in [-0.39, 0.29) is 18.5 Å². The van der Waals surface area contributed by atoms with Crippen LogP contribution in [0.3, 0.4) is 0 Å². The predicted octanol–water partition coefficient (Wildman–Crippen LogP) is 2.55. The van der Waals surface area contributed by atoms with E-state index in [4.69, 9.17) is 10.5 Å². The topological polar surface area (TPSA) is 111 Å². The second-order valence-electron chi connectivity index (χ2n) is 4.77. The van der Waals surface area contributed by atoms with Gasteiger partial charge in [-0.15, -0.1) is 0 Å². The van der Waals surface area contributed by atoms with E-state index in [1.807, 2.05) is 13.8 Å². The van der Waals surface area contributed by atoms with Gasteiger partial charge in [0.25, 0.3) is 0 Å². The minimum Gasteiger partial charge on any atom is -0.461 e. The second kappa shape index (κ2) is 12.9. The SMILES string of the molecule is CC.CC(=O)OCc1ccc(NC(=O)CCCCNC(N)=O)cc1. The minimum absolute atomic E-state index is 0.0909. The van der Waals surface area contributed by atoms with E-state index >= 15 is 0 Å². The molecule has 0 saturated heterocycles. The van der Waals surface area contributed by atoms with E-state index in [2.05, 4.69) is 10.6 Å². The number of anilines is 1. The summed E-state index contributed by atoms with van der Waals surface area (Å²) in [5.41, 5.74) is 6.47. The van der Waals surface area contributed by atoms with E-state index in [1.165, 1.54) is 6.92 Å². The van der Waals surface area contributed by atoms with Crippen molar-refractivity contribution in [2.45, 2.75) is 46.6 Å². The summed E-state index contributed by atoms with van der Waals surface area (Å²) in [4.78, 5) is 32.9. The van der Waals surface area contributed by atoms with E-state index in [0.29, 0.717) is 31.5 Å². The molecule has 0 aliphatic rings. The summed E-state index contributed by atoms with van der Waals surface area (Å²) in [5.74, 6) is -0.421. The summed E-state index contributed by atoms with van der Waals surface area (Å²) in [7, 11) is 0. The number of amides is 3. The van der Waals surface area contributed by atoms with Crippen LogP contribution in [0.4, 0.5) is 10.5 Å². The molecule has 0 aliphatic heterocycles. The summed E-state index contributed by atoms with van der Waals surface area (Å²) in [6.07, 6.45) is 1.73. The summed E-state index contributed by atoms with van der Waals surface area (Å²) < 4.78 is 4.88. The first-order valence-corrected chi connectivity index (χ1v) is 8.03. The van der Waals surface area contributed by atoms with Crippen molar-refractivity contribution < 1.29 is 19.1 Å². The Kier molecular flexibility index (Phi) is 11.5. The number of hydrogen-bond acceptors (Lipinski definition) is 4. The van der Waals surface area contributed by atoms with E-state index < -0.39 is 6.03 Å². The highest BCUT2D eigenvalue weighted by molar-refractivity contribution is 5.90. The van der Waals surface area contributed by atoms with Crippen LogP contribution in [0.15, 0.2) is 24.3 Å². The van der Waals surface area contributed by atoms with Gasteiger partial charge in [0, 0.05) is 25.6 Å². The number of nitrogens with one attached hydrogen (secondary N) is 2. The zero-order chi connectivity index (χ0) is 18.4. The van der Waals surface area contributed by atoms with Gasteiger partial charge in [-0.3, -0.25) is 9.59 Å². The number of rotatable bonds is 8. The van der Waals surface area contributed by atoms with Crippen molar-refractivity contribution >= 4 is 23.6 Å². The Hall–Kier alpha value is -2.57. The van der Waals surface area contributed by atoms with Gasteiger partial charge < -0.3 is 21.1 Å². The fourth-order valence-electron chi connectivity index (χ4n) is 1.71. The Bertz CT molecular complexity index is 515. The number of hydrogen-bond donors (Lipinski definition) is 3. The Morgan fingerprint density at radius 2 is 1.71 bits per heavy atom. The highest BCUT2D eigenvalue weighted by atomic mass is 16.5. The maximum Gasteiger partial charge on any atom is 0.312 e. The van der Waals surface area contributed by atoms with Gasteiger partial charge in [-0.1, -0.05) is 26.0 Å². The molecule has 0 aromatic heterocycles. The molecule has 134 valence electrons. The molecule has 3 amide bonds. The molecule has 0 fully saturated rings. The number of esters is 1. The molecule has 0 spiro atoms. The molecule has 0 aliphatic carbocycles. The maximum atomic E-state index is 11.7. The predicted molar refractivity (Wildman–Crippen MR) is 93.3 cm³/mol. The Morgan fingerprint density at radius 3 is 2.25 bits per heavy atom. The van der Waals surface area contributed by atoms with Crippen molar-refractivity contribution in [2.24, 2.45) is 5.73 Å². The molecule has 0 bridgehead atoms. The van der Waals surface area contributed by atoms with Crippen LogP contribution >= 0.6 is 0 Å². The van der Waals surface area contributed by atoms with Gasteiger partial charge >= 0.3 is 12.0 Å². The third kappa shape index (κ3) is 11.1. The molecule has 0 radical (unpaired) electrons. The summed E-state index contributed by atoms with van der Waals surface area (Å²) in [6.45, 7) is 6.04. The molecule has 0 atom stereocenters. The van der Waals surface area contributed by atoms with E-state index in [9.17, 15) is 14.4 Å².